The number of hydrogen-bond acceptors (Lipinski definition) is 2. The minimum atomic E-state index is 1.21. The zero-order valence-corrected chi connectivity index (χ0v) is 35.9. The lowest BCUT2D eigenvalue weighted by Crippen LogP contribution is -1.91. The largest absolute Gasteiger partial charge is 0.281 e. The molecule has 0 saturated carbocycles. The van der Waals surface area contributed by atoms with E-state index >= 15 is 0 Å². The maximum Gasteiger partial charge on any atom is -0.00262 e. The molecule has 298 valence electrons. The van der Waals surface area contributed by atoms with Crippen molar-refractivity contribution in [1.82, 2.24) is 0 Å². The summed E-state index contributed by atoms with van der Waals surface area (Å²) >= 11 is 3.03. The standard InChI is InChI=1S/C56H36.C4H8.H3NS/c1-3-13-39-31-44(25-23-37(39)11-1)41-15-9-16-42(32-41)45-26-28-48-34-46(27-29-47(48)33-45)43-17-10-18-49(36-43)55-51-19-5-7-21-53(51)56(54-22-8-6-20-52(54)55)50-30-24-38-12-2-4-14-40(38)35-50;1-3-4-2;1-2/h1-36H;3-4H,1-2H3;2H,1H2/b;4-3-;. The minimum Gasteiger partial charge on any atom is -0.281 e. The highest BCUT2D eigenvalue weighted by molar-refractivity contribution is 7.77. The van der Waals surface area contributed by atoms with Crippen molar-refractivity contribution < 1.29 is 0 Å². The van der Waals surface area contributed by atoms with Crippen LogP contribution < -0.4 is 5.14 Å². The lowest BCUT2D eigenvalue weighted by atomic mass is 9.85. The smallest absolute Gasteiger partial charge is 0.00262 e. The van der Waals surface area contributed by atoms with Gasteiger partial charge >= 0.3 is 0 Å². The fraction of sp³-hybridized carbons (Fsp3) is 0.0333. The average molecular weight is 814 g/mol. The van der Waals surface area contributed by atoms with Gasteiger partial charge in [0.2, 0.25) is 0 Å². The molecule has 0 spiro atoms. The molecule has 0 amide bonds. The van der Waals surface area contributed by atoms with Crippen molar-refractivity contribution >= 4 is 66.7 Å². The molecule has 2 heteroatoms. The van der Waals surface area contributed by atoms with E-state index in [1.807, 2.05) is 26.0 Å². The minimum absolute atomic E-state index is 1.21. The van der Waals surface area contributed by atoms with E-state index in [1.165, 1.54) is 109 Å². The van der Waals surface area contributed by atoms with Gasteiger partial charge in [0.05, 0.1) is 0 Å². The molecule has 62 heavy (non-hydrogen) atoms. The van der Waals surface area contributed by atoms with Crippen molar-refractivity contribution in [3.63, 3.8) is 0 Å². The van der Waals surface area contributed by atoms with Crippen molar-refractivity contribution in [3.8, 4) is 55.6 Å². The van der Waals surface area contributed by atoms with E-state index in [2.05, 4.69) is 236 Å². The molecule has 11 rings (SSSR count). The van der Waals surface area contributed by atoms with Crippen LogP contribution in [-0.4, -0.2) is 0 Å². The Bertz CT molecular complexity index is 3350. The quantitative estimate of drug-likeness (QED) is 0.101. The second-order valence-corrected chi connectivity index (χ2v) is 15.6. The predicted molar refractivity (Wildman–Crippen MR) is 275 cm³/mol. The maximum absolute atomic E-state index is 4.19. The molecule has 0 bridgehead atoms. The lowest BCUT2D eigenvalue weighted by Gasteiger charge is -2.18. The molecular weight excluding hydrogens is 767 g/mol. The third-order valence-corrected chi connectivity index (χ3v) is 11.9. The Morgan fingerprint density at radius 3 is 0.919 bits per heavy atom. The van der Waals surface area contributed by atoms with Crippen LogP contribution in [0.2, 0.25) is 0 Å². The van der Waals surface area contributed by atoms with Crippen molar-refractivity contribution in [2.75, 3.05) is 0 Å². The van der Waals surface area contributed by atoms with Gasteiger partial charge in [-0.25, -0.2) is 0 Å². The van der Waals surface area contributed by atoms with Crippen molar-refractivity contribution in [3.05, 3.63) is 231 Å². The normalized spacial score (nSPS) is 11.2. The number of benzene rings is 11. The highest BCUT2D eigenvalue weighted by Crippen LogP contribution is 2.45. The van der Waals surface area contributed by atoms with E-state index in [0.717, 1.165) is 0 Å². The van der Waals surface area contributed by atoms with Gasteiger partial charge in [0, 0.05) is 0 Å². The number of nitrogens with two attached hydrogens (primary N) is 1. The summed E-state index contributed by atoms with van der Waals surface area (Å²) in [5.41, 5.74) is 12.4. The summed E-state index contributed by atoms with van der Waals surface area (Å²) in [6, 6.07) is 80.4. The second kappa shape index (κ2) is 18.2. The number of thiol groups is 1. The highest BCUT2D eigenvalue weighted by atomic mass is 32.1. The van der Waals surface area contributed by atoms with Crippen LogP contribution in [-0.2, 0) is 0 Å². The summed E-state index contributed by atoms with van der Waals surface area (Å²) in [7, 11) is 0. The average Bonchev–Trinajstić information content (AvgIpc) is 3.35. The third kappa shape index (κ3) is 7.90. The second-order valence-electron chi connectivity index (χ2n) is 15.6. The first-order valence-corrected chi connectivity index (χ1v) is 21.7. The lowest BCUT2D eigenvalue weighted by molar-refractivity contribution is 1.60. The van der Waals surface area contributed by atoms with Gasteiger partial charge < -0.3 is 0 Å². The van der Waals surface area contributed by atoms with Gasteiger partial charge in [-0.2, -0.15) is 0 Å². The van der Waals surface area contributed by atoms with Crippen LogP contribution in [0.1, 0.15) is 13.8 Å². The molecular formula is C60H47NS. The monoisotopic (exact) mass is 813 g/mol. The first-order valence-electron chi connectivity index (χ1n) is 21.2. The molecule has 0 unspecified atom stereocenters. The van der Waals surface area contributed by atoms with E-state index in [9.17, 15) is 0 Å². The molecule has 0 radical (unpaired) electrons. The van der Waals surface area contributed by atoms with Gasteiger partial charge in [-0.15, -0.1) is 12.8 Å². The Hall–Kier alpha value is -7.23. The molecule has 0 saturated heterocycles. The summed E-state index contributed by atoms with van der Waals surface area (Å²) in [5, 5.41) is 16.8. The summed E-state index contributed by atoms with van der Waals surface area (Å²) in [4.78, 5) is 0. The van der Waals surface area contributed by atoms with Crippen LogP contribution in [0.4, 0.5) is 0 Å². The number of allylic oxidation sites excluding steroid dienone is 2. The Morgan fingerprint density at radius 1 is 0.258 bits per heavy atom. The van der Waals surface area contributed by atoms with Crippen LogP contribution in [0.15, 0.2) is 231 Å². The molecule has 0 atom stereocenters. The van der Waals surface area contributed by atoms with Gasteiger partial charge in [-0.3, -0.25) is 5.14 Å². The van der Waals surface area contributed by atoms with Crippen LogP contribution in [0.5, 0.6) is 0 Å². The molecule has 2 N–H and O–H groups in total. The van der Waals surface area contributed by atoms with Gasteiger partial charge in [-0.05, 0) is 160 Å². The van der Waals surface area contributed by atoms with Crippen LogP contribution in [0, 0.1) is 0 Å². The molecule has 0 aliphatic rings. The molecule has 11 aromatic rings. The first kappa shape index (κ1) is 40.2. The van der Waals surface area contributed by atoms with Gasteiger partial charge in [0.15, 0.2) is 0 Å². The Morgan fingerprint density at radius 2 is 0.516 bits per heavy atom. The molecule has 11 aromatic carbocycles. The first-order chi connectivity index (χ1) is 30.6. The van der Waals surface area contributed by atoms with Crippen LogP contribution in [0.3, 0.4) is 0 Å². The van der Waals surface area contributed by atoms with Crippen molar-refractivity contribution in [2.45, 2.75) is 13.8 Å². The number of fused-ring (bicyclic) bond motifs is 5. The van der Waals surface area contributed by atoms with E-state index in [4.69, 9.17) is 0 Å². The summed E-state index contributed by atoms with van der Waals surface area (Å²) in [5.74, 6) is 0. The zero-order chi connectivity index (χ0) is 42.4. The highest BCUT2D eigenvalue weighted by Gasteiger charge is 2.17. The SMILES string of the molecule is C/C=C\C.NS.c1cc(-c2ccc3ccccc3c2)cc(-c2ccc3cc(-c4cccc(-c5c6ccccc6c(-c6ccc7ccccc7c6)c6ccccc56)c4)ccc3c2)c1. The topological polar surface area (TPSA) is 26.0 Å². The maximum atomic E-state index is 4.19. The van der Waals surface area contributed by atoms with E-state index in [1.54, 1.807) is 0 Å². The Labute approximate surface area is 370 Å². The molecule has 0 fully saturated rings. The molecule has 0 heterocycles. The summed E-state index contributed by atoms with van der Waals surface area (Å²) in [6.45, 7) is 4.00. The third-order valence-electron chi connectivity index (χ3n) is 11.9. The van der Waals surface area contributed by atoms with E-state index in [0.29, 0.717) is 0 Å². The van der Waals surface area contributed by atoms with Gasteiger partial charge in [0.25, 0.3) is 0 Å². The Kier molecular flexibility index (Phi) is 11.8. The van der Waals surface area contributed by atoms with Crippen LogP contribution in [0.25, 0.3) is 109 Å². The molecule has 0 aromatic heterocycles. The zero-order valence-electron chi connectivity index (χ0n) is 35.0. The Balaban J connectivity index is 0.000000775. The van der Waals surface area contributed by atoms with Gasteiger partial charge in [-0.1, -0.05) is 194 Å². The van der Waals surface area contributed by atoms with Crippen molar-refractivity contribution in [2.24, 2.45) is 5.14 Å². The number of hydrogen-bond donors (Lipinski definition) is 2. The van der Waals surface area contributed by atoms with Crippen LogP contribution >= 0.6 is 12.8 Å². The fourth-order valence-electron chi connectivity index (χ4n) is 8.80. The molecule has 0 aliphatic heterocycles. The fourth-order valence-corrected chi connectivity index (χ4v) is 8.80. The van der Waals surface area contributed by atoms with Crippen molar-refractivity contribution in [1.29, 1.82) is 0 Å². The number of rotatable bonds is 5. The molecule has 0 aliphatic carbocycles. The van der Waals surface area contributed by atoms with Gasteiger partial charge in [0.1, 0.15) is 0 Å². The summed E-state index contributed by atoms with van der Waals surface area (Å²) < 4.78 is 0. The summed E-state index contributed by atoms with van der Waals surface area (Å²) in [6.07, 6.45) is 4.00. The molecule has 1 nitrogen and oxygen atoms in total. The van der Waals surface area contributed by atoms with E-state index < -0.39 is 0 Å². The van der Waals surface area contributed by atoms with E-state index in [-0.39, 0.29) is 0 Å². The predicted octanol–water partition coefficient (Wildman–Crippen LogP) is 17.2.